The quantitative estimate of drug-likeness (QED) is 0.773. The Bertz CT molecular complexity index is 311. The van der Waals surface area contributed by atoms with Crippen molar-refractivity contribution >= 4 is 16.5 Å². The number of hydrogen-bond donors (Lipinski definition) is 1. The van der Waals surface area contributed by atoms with Crippen LogP contribution in [-0.2, 0) is 6.54 Å². The number of anilines is 1. The van der Waals surface area contributed by atoms with Crippen LogP contribution >= 0.6 is 11.3 Å². The molecular formula is C13H25N3S. The van der Waals surface area contributed by atoms with Gasteiger partial charge >= 0.3 is 0 Å². The Balaban J connectivity index is 2.58. The van der Waals surface area contributed by atoms with E-state index < -0.39 is 0 Å². The molecule has 0 amide bonds. The summed E-state index contributed by atoms with van der Waals surface area (Å²) >= 11 is 1.76. The summed E-state index contributed by atoms with van der Waals surface area (Å²) in [5.74, 6) is 0.732. The molecule has 1 N–H and O–H groups in total. The van der Waals surface area contributed by atoms with E-state index in [9.17, 15) is 0 Å². The van der Waals surface area contributed by atoms with Crippen LogP contribution in [0, 0.1) is 5.92 Å². The lowest BCUT2D eigenvalue weighted by Gasteiger charge is -2.23. The van der Waals surface area contributed by atoms with Gasteiger partial charge in [0.2, 0.25) is 0 Å². The van der Waals surface area contributed by atoms with E-state index in [-0.39, 0.29) is 0 Å². The summed E-state index contributed by atoms with van der Waals surface area (Å²) in [6.07, 6.45) is 1.23. The maximum absolute atomic E-state index is 4.69. The molecule has 17 heavy (non-hydrogen) atoms. The fourth-order valence-electron chi connectivity index (χ4n) is 1.62. The van der Waals surface area contributed by atoms with Crippen molar-refractivity contribution in [1.29, 1.82) is 0 Å². The summed E-state index contributed by atoms with van der Waals surface area (Å²) in [4.78, 5) is 7.07. The monoisotopic (exact) mass is 255 g/mol. The van der Waals surface area contributed by atoms with Crippen LogP contribution in [0.2, 0.25) is 0 Å². The topological polar surface area (TPSA) is 28.2 Å². The lowest BCUT2D eigenvalue weighted by atomic mass is 10.1. The Morgan fingerprint density at radius 3 is 2.76 bits per heavy atom. The first kappa shape index (κ1) is 14.5. The van der Waals surface area contributed by atoms with Gasteiger partial charge < -0.3 is 10.2 Å². The number of thiazole rings is 1. The number of aromatic nitrogens is 1. The van der Waals surface area contributed by atoms with E-state index in [1.807, 2.05) is 0 Å². The molecule has 0 radical (unpaired) electrons. The smallest absolute Gasteiger partial charge is 0.185 e. The SMILES string of the molecule is CCNCc1csc(N(CC)CC(C)CC)n1. The average Bonchev–Trinajstić information content (AvgIpc) is 2.81. The van der Waals surface area contributed by atoms with Crippen molar-refractivity contribution in [3.05, 3.63) is 11.1 Å². The molecule has 0 aliphatic heterocycles. The molecule has 1 unspecified atom stereocenters. The highest BCUT2D eigenvalue weighted by Gasteiger charge is 2.11. The second-order valence-electron chi connectivity index (χ2n) is 4.45. The van der Waals surface area contributed by atoms with Crippen LogP contribution in [0.1, 0.15) is 39.8 Å². The van der Waals surface area contributed by atoms with Gasteiger partial charge in [-0.15, -0.1) is 11.3 Å². The van der Waals surface area contributed by atoms with Crippen LogP contribution in [0.3, 0.4) is 0 Å². The molecule has 1 atom stereocenters. The average molecular weight is 255 g/mol. The van der Waals surface area contributed by atoms with Crippen LogP contribution < -0.4 is 10.2 Å². The van der Waals surface area contributed by atoms with Crippen molar-refractivity contribution in [1.82, 2.24) is 10.3 Å². The number of nitrogens with zero attached hydrogens (tertiary/aromatic N) is 2. The fraction of sp³-hybridized carbons (Fsp3) is 0.769. The zero-order chi connectivity index (χ0) is 12.7. The first-order chi connectivity index (χ1) is 8.21. The van der Waals surface area contributed by atoms with E-state index in [4.69, 9.17) is 0 Å². The fourth-order valence-corrected chi connectivity index (χ4v) is 2.52. The van der Waals surface area contributed by atoms with E-state index in [0.717, 1.165) is 37.8 Å². The Hall–Kier alpha value is -0.610. The third kappa shape index (κ3) is 4.64. The molecule has 98 valence electrons. The first-order valence-electron chi connectivity index (χ1n) is 6.61. The molecule has 0 spiro atoms. The Morgan fingerprint density at radius 1 is 1.41 bits per heavy atom. The van der Waals surface area contributed by atoms with Crippen molar-refractivity contribution in [2.45, 2.75) is 40.7 Å². The van der Waals surface area contributed by atoms with Gasteiger partial charge in [0.05, 0.1) is 5.69 Å². The van der Waals surface area contributed by atoms with E-state index >= 15 is 0 Å². The highest BCUT2D eigenvalue weighted by molar-refractivity contribution is 7.13. The summed E-state index contributed by atoms with van der Waals surface area (Å²) in [5, 5.41) is 6.64. The van der Waals surface area contributed by atoms with Crippen molar-refractivity contribution in [2.24, 2.45) is 5.92 Å². The second-order valence-corrected chi connectivity index (χ2v) is 5.29. The minimum absolute atomic E-state index is 0.732. The standard InChI is InChI=1S/C13H25N3S/c1-5-11(4)9-16(7-3)13-15-12(10-17-13)8-14-6-2/h10-11,14H,5-9H2,1-4H3. The van der Waals surface area contributed by atoms with Gasteiger partial charge in [-0.1, -0.05) is 27.2 Å². The van der Waals surface area contributed by atoms with Crippen molar-refractivity contribution < 1.29 is 0 Å². The maximum Gasteiger partial charge on any atom is 0.185 e. The molecule has 1 aromatic rings. The largest absolute Gasteiger partial charge is 0.348 e. The molecule has 0 fully saturated rings. The first-order valence-corrected chi connectivity index (χ1v) is 7.49. The molecule has 0 saturated heterocycles. The zero-order valence-electron chi connectivity index (χ0n) is 11.5. The van der Waals surface area contributed by atoms with Gasteiger partial charge in [-0.05, 0) is 19.4 Å². The predicted octanol–water partition coefficient (Wildman–Crippen LogP) is 3.13. The molecule has 0 saturated carbocycles. The summed E-state index contributed by atoms with van der Waals surface area (Å²) in [6.45, 7) is 12.9. The van der Waals surface area contributed by atoms with E-state index in [0.29, 0.717) is 0 Å². The Labute approximate surface area is 109 Å². The molecule has 0 aliphatic carbocycles. The van der Waals surface area contributed by atoms with Crippen LogP contribution in [0.4, 0.5) is 5.13 Å². The van der Waals surface area contributed by atoms with Crippen LogP contribution in [0.15, 0.2) is 5.38 Å². The molecule has 1 aromatic heterocycles. The minimum Gasteiger partial charge on any atom is -0.348 e. The highest BCUT2D eigenvalue weighted by Crippen LogP contribution is 2.21. The van der Waals surface area contributed by atoms with Gasteiger partial charge in [-0.3, -0.25) is 0 Å². The second kappa shape index (κ2) is 7.67. The lowest BCUT2D eigenvalue weighted by molar-refractivity contribution is 0.547. The number of hydrogen-bond acceptors (Lipinski definition) is 4. The molecule has 4 heteroatoms. The number of nitrogens with one attached hydrogen (secondary N) is 1. The highest BCUT2D eigenvalue weighted by atomic mass is 32.1. The van der Waals surface area contributed by atoms with Crippen molar-refractivity contribution in [3.8, 4) is 0 Å². The molecule has 0 aromatic carbocycles. The van der Waals surface area contributed by atoms with E-state index in [1.165, 1.54) is 11.6 Å². The third-order valence-corrected chi connectivity index (χ3v) is 3.93. The lowest BCUT2D eigenvalue weighted by Crippen LogP contribution is -2.28. The molecule has 1 heterocycles. The van der Waals surface area contributed by atoms with Gasteiger partial charge in [0.25, 0.3) is 0 Å². The molecule has 1 rings (SSSR count). The minimum atomic E-state index is 0.732. The molecule has 0 aliphatic rings. The van der Waals surface area contributed by atoms with Gasteiger partial charge in [0.1, 0.15) is 0 Å². The van der Waals surface area contributed by atoms with Crippen molar-refractivity contribution in [2.75, 3.05) is 24.5 Å². The molecule has 3 nitrogen and oxygen atoms in total. The Morgan fingerprint density at radius 2 is 2.18 bits per heavy atom. The van der Waals surface area contributed by atoms with Crippen LogP contribution in [-0.4, -0.2) is 24.6 Å². The van der Waals surface area contributed by atoms with Crippen LogP contribution in [0.25, 0.3) is 0 Å². The normalized spacial score (nSPS) is 12.7. The van der Waals surface area contributed by atoms with Gasteiger partial charge in [-0.2, -0.15) is 0 Å². The van der Waals surface area contributed by atoms with Gasteiger partial charge in [-0.25, -0.2) is 4.98 Å². The predicted molar refractivity (Wildman–Crippen MR) is 76.8 cm³/mol. The maximum atomic E-state index is 4.69. The number of rotatable bonds is 8. The van der Waals surface area contributed by atoms with Gasteiger partial charge in [0, 0.05) is 25.0 Å². The summed E-state index contributed by atoms with van der Waals surface area (Å²) in [7, 11) is 0. The summed E-state index contributed by atoms with van der Waals surface area (Å²) in [5.41, 5.74) is 1.16. The third-order valence-electron chi connectivity index (χ3n) is 2.98. The van der Waals surface area contributed by atoms with E-state index in [1.54, 1.807) is 11.3 Å². The Kier molecular flexibility index (Phi) is 6.52. The van der Waals surface area contributed by atoms with E-state index in [2.05, 4.69) is 48.3 Å². The summed E-state index contributed by atoms with van der Waals surface area (Å²) in [6, 6.07) is 0. The van der Waals surface area contributed by atoms with Crippen LogP contribution in [0.5, 0.6) is 0 Å². The van der Waals surface area contributed by atoms with Crippen molar-refractivity contribution in [3.63, 3.8) is 0 Å². The zero-order valence-corrected chi connectivity index (χ0v) is 12.3. The molecular weight excluding hydrogens is 230 g/mol. The molecule has 0 bridgehead atoms. The summed E-state index contributed by atoms with van der Waals surface area (Å²) < 4.78 is 0. The van der Waals surface area contributed by atoms with Gasteiger partial charge in [0.15, 0.2) is 5.13 Å².